The Labute approximate surface area is 188 Å². The normalized spacial score (nSPS) is 18.9. The van der Waals surface area contributed by atoms with E-state index in [2.05, 4.69) is 23.2 Å². The number of thiazole rings is 1. The van der Waals surface area contributed by atoms with Crippen molar-refractivity contribution in [2.45, 2.75) is 47.9 Å². The van der Waals surface area contributed by atoms with Crippen LogP contribution < -0.4 is 4.80 Å². The maximum absolute atomic E-state index is 13.2. The molecule has 1 aliphatic heterocycles. The Morgan fingerprint density at radius 1 is 1.30 bits per heavy atom. The Morgan fingerprint density at radius 3 is 2.83 bits per heavy atom. The molecule has 0 aliphatic carbocycles. The SMILES string of the molecule is CCn1c(=NC(=O)C2CCCCN2S(=O)(=O)c2cccs2)sc2cc(SC)ccc21. The van der Waals surface area contributed by atoms with Crippen LogP contribution in [0.15, 0.2) is 49.8 Å². The molecule has 3 aromatic rings. The van der Waals surface area contributed by atoms with Gasteiger partial charge in [-0.2, -0.15) is 9.30 Å². The molecule has 1 amide bonds. The molecule has 1 unspecified atom stereocenters. The van der Waals surface area contributed by atoms with Crippen molar-refractivity contribution in [3.8, 4) is 0 Å². The second-order valence-electron chi connectivity index (χ2n) is 6.97. The lowest BCUT2D eigenvalue weighted by atomic mass is 10.0. The quantitative estimate of drug-likeness (QED) is 0.513. The summed E-state index contributed by atoms with van der Waals surface area (Å²) in [4.78, 5) is 19.4. The van der Waals surface area contributed by atoms with Gasteiger partial charge in [0.2, 0.25) is 0 Å². The number of sulfonamides is 1. The zero-order chi connectivity index (χ0) is 21.3. The molecule has 0 N–H and O–H groups in total. The lowest BCUT2D eigenvalue weighted by Gasteiger charge is -2.31. The van der Waals surface area contributed by atoms with Crippen LogP contribution in [-0.2, 0) is 21.4 Å². The van der Waals surface area contributed by atoms with Gasteiger partial charge in [-0.15, -0.1) is 23.1 Å². The highest BCUT2D eigenvalue weighted by atomic mass is 32.2. The molecule has 3 heterocycles. The molecule has 10 heteroatoms. The Balaban J connectivity index is 1.73. The zero-order valence-corrected chi connectivity index (χ0v) is 20.0. The first kappa shape index (κ1) is 21.8. The van der Waals surface area contributed by atoms with Crippen LogP contribution in [0.5, 0.6) is 0 Å². The van der Waals surface area contributed by atoms with Crippen LogP contribution in [0.3, 0.4) is 0 Å². The number of benzene rings is 1. The maximum Gasteiger partial charge on any atom is 0.266 e. The van der Waals surface area contributed by atoms with Gasteiger partial charge in [-0.05, 0) is 55.7 Å². The number of hydrogen-bond donors (Lipinski definition) is 0. The van der Waals surface area contributed by atoms with Crippen LogP contribution in [0.4, 0.5) is 0 Å². The molecule has 0 saturated carbocycles. The molecule has 0 radical (unpaired) electrons. The summed E-state index contributed by atoms with van der Waals surface area (Å²) in [5.74, 6) is -0.381. The summed E-state index contributed by atoms with van der Waals surface area (Å²) in [7, 11) is -3.69. The highest BCUT2D eigenvalue weighted by molar-refractivity contribution is 7.98. The molecule has 30 heavy (non-hydrogen) atoms. The van der Waals surface area contributed by atoms with Gasteiger partial charge in [-0.3, -0.25) is 4.79 Å². The van der Waals surface area contributed by atoms with Gasteiger partial charge >= 0.3 is 0 Å². The predicted octanol–water partition coefficient (Wildman–Crippen LogP) is 4.18. The Hall–Kier alpha value is -1.46. The van der Waals surface area contributed by atoms with E-state index in [9.17, 15) is 13.2 Å². The van der Waals surface area contributed by atoms with Crippen molar-refractivity contribution < 1.29 is 13.2 Å². The van der Waals surface area contributed by atoms with E-state index in [1.165, 1.54) is 27.0 Å². The smallest absolute Gasteiger partial charge is 0.266 e. The number of nitrogens with zero attached hydrogens (tertiary/aromatic N) is 3. The van der Waals surface area contributed by atoms with E-state index < -0.39 is 16.1 Å². The highest BCUT2D eigenvalue weighted by Crippen LogP contribution is 2.29. The van der Waals surface area contributed by atoms with Gasteiger partial charge in [0.05, 0.1) is 10.2 Å². The molecule has 0 bridgehead atoms. The number of aryl methyl sites for hydroxylation is 1. The standard InChI is InChI=1S/C20H23N3O3S4/c1-3-22-15-10-9-14(27-2)13-17(15)29-20(22)21-19(24)16-7-4-5-11-23(16)30(25,26)18-8-6-12-28-18/h6,8-10,12-13,16H,3-5,7,11H2,1-2H3. The largest absolute Gasteiger partial charge is 0.317 e. The van der Waals surface area contributed by atoms with Crippen molar-refractivity contribution in [2.75, 3.05) is 12.8 Å². The molecule has 1 fully saturated rings. The van der Waals surface area contributed by atoms with Crippen LogP contribution in [0.2, 0.25) is 0 Å². The maximum atomic E-state index is 13.2. The van der Waals surface area contributed by atoms with Crippen LogP contribution in [0, 0.1) is 0 Å². The first-order valence-corrected chi connectivity index (χ1v) is 14.1. The Kier molecular flexibility index (Phi) is 6.50. The molecule has 4 rings (SSSR count). The van der Waals surface area contributed by atoms with Gasteiger partial charge in [-0.25, -0.2) is 8.42 Å². The van der Waals surface area contributed by atoms with Gasteiger partial charge in [0.1, 0.15) is 10.3 Å². The van der Waals surface area contributed by atoms with Crippen molar-refractivity contribution in [3.63, 3.8) is 0 Å². The van der Waals surface area contributed by atoms with Crippen molar-refractivity contribution in [1.82, 2.24) is 8.87 Å². The van der Waals surface area contributed by atoms with Crippen LogP contribution in [0.25, 0.3) is 10.2 Å². The lowest BCUT2D eigenvalue weighted by molar-refractivity contribution is -0.122. The number of carbonyl (C=O) groups excluding carboxylic acids is 1. The average molecular weight is 482 g/mol. The third-order valence-electron chi connectivity index (χ3n) is 5.21. The molecule has 1 saturated heterocycles. The summed E-state index contributed by atoms with van der Waals surface area (Å²) in [5, 5.41) is 1.74. The minimum Gasteiger partial charge on any atom is -0.317 e. The van der Waals surface area contributed by atoms with Crippen molar-refractivity contribution in [1.29, 1.82) is 0 Å². The molecule has 160 valence electrons. The summed E-state index contributed by atoms with van der Waals surface area (Å²) < 4.78 is 30.9. The topological polar surface area (TPSA) is 71.7 Å². The number of hydrogen-bond acceptors (Lipinski definition) is 6. The van der Waals surface area contributed by atoms with Gasteiger partial charge < -0.3 is 4.57 Å². The van der Waals surface area contributed by atoms with Crippen molar-refractivity contribution in [3.05, 3.63) is 40.5 Å². The second-order valence-corrected chi connectivity index (χ2v) is 11.9. The van der Waals surface area contributed by atoms with Gasteiger partial charge in [-0.1, -0.05) is 23.8 Å². The summed E-state index contributed by atoms with van der Waals surface area (Å²) in [6.45, 7) is 3.06. The second kappa shape index (κ2) is 8.96. The fourth-order valence-corrected chi connectivity index (χ4v) is 8.13. The summed E-state index contributed by atoms with van der Waals surface area (Å²) in [6.07, 6.45) is 4.10. The summed E-state index contributed by atoms with van der Waals surface area (Å²) in [6, 6.07) is 8.78. The van der Waals surface area contributed by atoms with E-state index in [0.29, 0.717) is 24.3 Å². The van der Waals surface area contributed by atoms with Gasteiger partial charge in [0, 0.05) is 18.0 Å². The molecular formula is C20H23N3O3S4. The molecule has 1 atom stereocenters. The van der Waals surface area contributed by atoms with Gasteiger partial charge in [0.15, 0.2) is 4.80 Å². The van der Waals surface area contributed by atoms with E-state index in [4.69, 9.17) is 0 Å². The van der Waals surface area contributed by atoms with Crippen molar-refractivity contribution >= 4 is 60.6 Å². The van der Waals surface area contributed by atoms with Crippen LogP contribution in [0.1, 0.15) is 26.2 Å². The molecule has 1 aromatic carbocycles. The van der Waals surface area contributed by atoms with Crippen LogP contribution in [-0.4, -0.2) is 42.0 Å². The van der Waals surface area contributed by atoms with Crippen molar-refractivity contribution in [2.24, 2.45) is 4.99 Å². The number of piperidine rings is 1. The number of thioether (sulfide) groups is 1. The number of fused-ring (bicyclic) bond motifs is 1. The monoisotopic (exact) mass is 481 g/mol. The van der Waals surface area contributed by atoms with E-state index in [1.54, 1.807) is 29.3 Å². The van der Waals surface area contributed by atoms with Crippen LogP contribution >= 0.6 is 34.4 Å². The zero-order valence-electron chi connectivity index (χ0n) is 16.8. The summed E-state index contributed by atoms with van der Waals surface area (Å²) in [5.41, 5.74) is 1.04. The Bertz CT molecular complexity index is 1230. The predicted molar refractivity (Wildman–Crippen MR) is 124 cm³/mol. The third kappa shape index (κ3) is 4.03. The molecule has 1 aliphatic rings. The Morgan fingerprint density at radius 2 is 2.13 bits per heavy atom. The average Bonchev–Trinajstić information content (AvgIpc) is 3.41. The number of thiophene rings is 1. The van der Waals surface area contributed by atoms with E-state index in [-0.39, 0.29) is 10.1 Å². The fraction of sp³-hybridized carbons (Fsp3) is 0.400. The third-order valence-corrected chi connectivity index (χ3v) is 10.3. The molecule has 2 aromatic heterocycles. The number of amides is 1. The number of carbonyl (C=O) groups is 1. The first-order valence-electron chi connectivity index (χ1n) is 9.77. The minimum absolute atomic E-state index is 0.275. The highest BCUT2D eigenvalue weighted by Gasteiger charge is 2.38. The summed E-state index contributed by atoms with van der Waals surface area (Å²) >= 11 is 4.32. The lowest BCUT2D eigenvalue weighted by Crippen LogP contribution is -2.47. The number of rotatable bonds is 5. The van der Waals surface area contributed by atoms with Gasteiger partial charge in [0.25, 0.3) is 15.9 Å². The van der Waals surface area contributed by atoms with E-state index in [1.807, 2.05) is 17.7 Å². The van der Waals surface area contributed by atoms with E-state index in [0.717, 1.165) is 28.0 Å². The van der Waals surface area contributed by atoms with E-state index >= 15 is 0 Å². The first-order chi connectivity index (χ1) is 14.5. The molecular weight excluding hydrogens is 459 g/mol. The molecule has 0 spiro atoms. The fourth-order valence-electron chi connectivity index (χ4n) is 3.71. The number of aromatic nitrogens is 1. The minimum atomic E-state index is -3.69. The molecule has 6 nitrogen and oxygen atoms in total.